The van der Waals surface area contributed by atoms with Crippen molar-refractivity contribution in [2.75, 3.05) is 0 Å². The number of carboxylic acids is 1. The number of benzene rings is 1. The molecule has 0 aliphatic carbocycles. The largest absolute Gasteiger partial charge is 0.573 e. The molecule has 1 aromatic carbocycles. The van der Waals surface area contributed by atoms with Crippen LogP contribution in [0.4, 0.5) is 13.2 Å². The third-order valence-corrected chi connectivity index (χ3v) is 4.51. The first-order valence-corrected chi connectivity index (χ1v) is 9.24. The number of rotatable bonds is 8. The number of nitrogens with one attached hydrogen (secondary N) is 1. The van der Waals surface area contributed by atoms with Gasteiger partial charge in [-0.2, -0.15) is 0 Å². The first-order chi connectivity index (χ1) is 13.0. The third kappa shape index (κ3) is 6.84. The summed E-state index contributed by atoms with van der Waals surface area (Å²) in [6.45, 7) is 3.72. The lowest BCUT2D eigenvalue weighted by atomic mass is 10.0. The van der Waals surface area contributed by atoms with Crippen LogP contribution in [0.5, 0.6) is 5.75 Å². The number of carbonyl (C=O) groups is 2. The van der Waals surface area contributed by atoms with Crippen molar-refractivity contribution < 1.29 is 32.6 Å². The molecule has 0 spiro atoms. The number of nitrogens with zero attached hydrogens (tertiary/aromatic N) is 1. The van der Waals surface area contributed by atoms with Crippen LogP contribution in [0.15, 0.2) is 29.6 Å². The topological polar surface area (TPSA) is 88.5 Å². The zero-order valence-corrected chi connectivity index (χ0v) is 15.9. The normalized spacial score (nSPS) is 12.6. The molecule has 0 saturated carbocycles. The van der Waals surface area contributed by atoms with Gasteiger partial charge in [-0.15, -0.1) is 24.5 Å². The van der Waals surface area contributed by atoms with Crippen molar-refractivity contribution in [3.8, 4) is 16.3 Å². The molecule has 1 amide bonds. The highest BCUT2D eigenvalue weighted by Gasteiger charge is 2.31. The number of carbonyl (C=O) groups excluding carboxylic acids is 1. The van der Waals surface area contributed by atoms with E-state index in [2.05, 4.69) is 15.0 Å². The minimum Gasteiger partial charge on any atom is -0.480 e. The SMILES string of the molecule is CC(C)C[C@H](NC(=O)Cc1csc(-c2ccc(OC(F)(F)F)cc2)n1)C(=O)O. The van der Waals surface area contributed by atoms with E-state index in [0.717, 1.165) is 0 Å². The Morgan fingerprint density at radius 2 is 1.89 bits per heavy atom. The summed E-state index contributed by atoms with van der Waals surface area (Å²) >= 11 is 1.23. The van der Waals surface area contributed by atoms with E-state index >= 15 is 0 Å². The molecule has 28 heavy (non-hydrogen) atoms. The predicted octanol–water partition coefficient (Wildman–Crippen LogP) is 3.87. The first kappa shape index (κ1) is 21.7. The monoisotopic (exact) mass is 416 g/mol. The number of carboxylic acid groups (broad SMARTS) is 1. The fourth-order valence-corrected chi connectivity index (χ4v) is 3.25. The minimum absolute atomic E-state index is 0.0896. The number of halogens is 3. The van der Waals surface area contributed by atoms with Gasteiger partial charge in [-0.3, -0.25) is 4.79 Å². The summed E-state index contributed by atoms with van der Waals surface area (Å²) < 4.78 is 40.4. The Morgan fingerprint density at radius 1 is 1.25 bits per heavy atom. The molecule has 0 radical (unpaired) electrons. The number of amides is 1. The Labute approximate surface area is 163 Å². The predicted molar refractivity (Wildman–Crippen MR) is 97.0 cm³/mol. The Morgan fingerprint density at radius 3 is 2.43 bits per heavy atom. The van der Waals surface area contributed by atoms with Crippen molar-refractivity contribution in [1.82, 2.24) is 10.3 Å². The van der Waals surface area contributed by atoms with E-state index in [1.54, 1.807) is 5.38 Å². The average molecular weight is 416 g/mol. The summed E-state index contributed by atoms with van der Waals surface area (Å²) in [4.78, 5) is 27.6. The molecule has 1 heterocycles. The van der Waals surface area contributed by atoms with Crippen LogP contribution in [0.1, 0.15) is 26.0 Å². The summed E-state index contributed by atoms with van der Waals surface area (Å²) in [6.07, 6.45) is -4.53. The third-order valence-electron chi connectivity index (χ3n) is 3.57. The molecule has 0 aliphatic heterocycles. The lowest BCUT2D eigenvalue weighted by Gasteiger charge is -2.16. The van der Waals surface area contributed by atoms with Crippen molar-refractivity contribution in [3.63, 3.8) is 0 Å². The molecule has 2 aromatic rings. The van der Waals surface area contributed by atoms with Gasteiger partial charge in [0.05, 0.1) is 12.1 Å². The van der Waals surface area contributed by atoms with E-state index in [1.165, 1.54) is 35.6 Å². The Balaban J connectivity index is 1.99. The van der Waals surface area contributed by atoms with Gasteiger partial charge in [0.25, 0.3) is 0 Å². The van der Waals surface area contributed by atoms with E-state index in [9.17, 15) is 27.9 Å². The van der Waals surface area contributed by atoms with E-state index in [-0.39, 0.29) is 18.1 Å². The molecule has 0 fully saturated rings. The van der Waals surface area contributed by atoms with Crippen molar-refractivity contribution in [2.45, 2.75) is 39.1 Å². The number of thiazole rings is 1. The number of aliphatic carboxylic acids is 1. The summed E-state index contributed by atoms with van der Waals surface area (Å²) in [5, 5.41) is 13.8. The van der Waals surface area contributed by atoms with Crippen molar-refractivity contribution in [3.05, 3.63) is 35.3 Å². The molecular formula is C18H19F3N2O4S. The number of ether oxygens (including phenoxy) is 1. The van der Waals surface area contributed by atoms with E-state index < -0.39 is 24.3 Å². The molecule has 1 atom stereocenters. The van der Waals surface area contributed by atoms with Gasteiger partial charge in [0, 0.05) is 10.9 Å². The summed E-state index contributed by atoms with van der Waals surface area (Å²) in [6, 6.07) is 4.27. The van der Waals surface area contributed by atoms with Crippen molar-refractivity contribution in [2.24, 2.45) is 5.92 Å². The minimum atomic E-state index is -4.76. The first-order valence-electron chi connectivity index (χ1n) is 8.36. The summed E-state index contributed by atoms with van der Waals surface area (Å²) in [5.74, 6) is -1.78. The Bertz CT molecular complexity index is 819. The van der Waals surface area contributed by atoms with Crippen LogP contribution in [0.3, 0.4) is 0 Å². The van der Waals surface area contributed by atoms with Gasteiger partial charge in [0.1, 0.15) is 16.8 Å². The Hall–Kier alpha value is -2.62. The molecule has 0 unspecified atom stereocenters. The maximum atomic E-state index is 12.2. The molecule has 2 rings (SSSR count). The molecule has 0 saturated heterocycles. The van der Waals surface area contributed by atoms with Crippen LogP contribution in [0.2, 0.25) is 0 Å². The fourth-order valence-electron chi connectivity index (χ4n) is 2.42. The zero-order valence-electron chi connectivity index (χ0n) is 15.1. The number of hydrogen-bond acceptors (Lipinski definition) is 5. The van der Waals surface area contributed by atoms with Gasteiger partial charge < -0.3 is 15.2 Å². The van der Waals surface area contributed by atoms with Crippen LogP contribution in [0, 0.1) is 5.92 Å². The number of hydrogen-bond donors (Lipinski definition) is 2. The molecule has 10 heteroatoms. The van der Waals surface area contributed by atoms with E-state index in [4.69, 9.17) is 0 Å². The van der Waals surface area contributed by atoms with Crippen LogP contribution < -0.4 is 10.1 Å². The summed E-state index contributed by atoms with van der Waals surface area (Å²) in [7, 11) is 0. The standard InChI is InChI=1S/C18H19F3N2O4S/c1-10(2)7-14(17(25)26)23-15(24)8-12-9-28-16(22-12)11-3-5-13(6-4-11)27-18(19,20)21/h3-6,9-10,14H,7-8H2,1-2H3,(H,23,24)(H,25,26)/t14-/m0/s1. The van der Waals surface area contributed by atoms with Gasteiger partial charge in [0.15, 0.2) is 0 Å². The molecular weight excluding hydrogens is 397 g/mol. The quantitative estimate of drug-likeness (QED) is 0.682. The maximum Gasteiger partial charge on any atom is 0.573 e. The van der Waals surface area contributed by atoms with Crippen LogP contribution >= 0.6 is 11.3 Å². The molecule has 1 aromatic heterocycles. The average Bonchev–Trinajstić information content (AvgIpc) is 3.01. The molecule has 0 aliphatic rings. The van der Waals surface area contributed by atoms with E-state index in [1.807, 2.05) is 13.8 Å². The van der Waals surface area contributed by atoms with Gasteiger partial charge in [-0.1, -0.05) is 13.8 Å². The smallest absolute Gasteiger partial charge is 0.480 e. The summed E-state index contributed by atoms with van der Waals surface area (Å²) in [5.41, 5.74) is 1.02. The molecule has 152 valence electrons. The van der Waals surface area contributed by atoms with Crippen LogP contribution in [0.25, 0.3) is 10.6 Å². The van der Waals surface area contributed by atoms with Gasteiger partial charge in [0.2, 0.25) is 5.91 Å². The fraction of sp³-hybridized carbons (Fsp3) is 0.389. The second-order valence-electron chi connectivity index (χ2n) is 6.48. The van der Waals surface area contributed by atoms with Gasteiger partial charge >= 0.3 is 12.3 Å². The Kier molecular flexibility index (Phi) is 7.00. The highest BCUT2D eigenvalue weighted by Crippen LogP contribution is 2.28. The lowest BCUT2D eigenvalue weighted by Crippen LogP contribution is -2.42. The van der Waals surface area contributed by atoms with Crippen molar-refractivity contribution >= 4 is 23.2 Å². The van der Waals surface area contributed by atoms with Crippen LogP contribution in [-0.4, -0.2) is 34.4 Å². The van der Waals surface area contributed by atoms with E-state index in [0.29, 0.717) is 22.7 Å². The molecule has 0 bridgehead atoms. The number of aromatic nitrogens is 1. The van der Waals surface area contributed by atoms with Gasteiger partial charge in [-0.25, -0.2) is 9.78 Å². The highest BCUT2D eigenvalue weighted by molar-refractivity contribution is 7.13. The highest BCUT2D eigenvalue weighted by atomic mass is 32.1. The van der Waals surface area contributed by atoms with Crippen molar-refractivity contribution in [1.29, 1.82) is 0 Å². The zero-order chi connectivity index (χ0) is 20.9. The number of alkyl halides is 3. The van der Waals surface area contributed by atoms with Gasteiger partial charge in [-0.05, 0) is 36.6 Å². The maximum absolute atomic E-state index is 12.2. The second kappa shape index (κ2) is 9.05. The molecule has 6 nitrogen and oxygen atoms in total. The van der Waals surface area contributed by atoms with Crippen LogP contribution in [-0.2, 0) is 16.0 Å². The lowest BCUT2D eigenvalue weighted by molar-refractivity contribution is -0.274. The second-order valence-corrected chi connectivity index (χ2v) is 7.34. The molecule has 2 N–H and O–H groups in total.